The average molecular weight is 301 g/mol. The molecule has 0 saturated heterocycles. The number of aryl methyl sites for hydroxylation is 2. The van der Waals surface area contributed by atoms with Crippen LogP contribution in [0.3, 0.4) is 0 Å². The van der Waals surface area contributed by atoms with Crippen molar-refractivity contribution in [2.75, 3.05) is 19.7 Å². The molecule has 0 fully saturated rings. The molecule has 0 aliphatic carbocycles. The van der Waals surface area contributed by atoms with E-state index in [-0.39, 0.29) is 17.9 Å². The predicted octanol–water partition coefficient (Wildman–Crippen LogP) is 3.07. The summed E-state index contributed by atoms with van der Waals surface area (Å²) in [6.07, 6.45) is 0. The Morgan fingerprint density at radius 2 is 1.80 bits per heavy atom. The molecule has 3 nitrogen and oxygen atoms in total. The van der Waals surface area contributed by atoms with Crippen molar-refractivity contribution >= 4 is 12.4 Å². The van der Waals surface area contributed by atoms with Gasteiger partial charge in [0, 0.05) is 18.6 Å². The molecule has 1 unspecified atom stereocenters. The van der Waals surface area contributed by atoms with Crippen molar-refractivity contribution < 1.29 is 4.74 Å². The second kappa shape index (κ2) is 8.50. The minimum atomic E-state index is -0.0237. The number of nitrogens with two attached hydrogens (primary N) is 1. The molecule has 3 N–H and O–H groups in total. The van der Waals surface area contributed by atoms with Gasteiger partial charge in [0.05, 0.1) is 0 Å². The number of ether oxygens (including phenoxy) is 1. The maximum absolute atomic E-state index is 5.88. The molecule has 0 spiro atoms. The van der Waals surface area contributed by atoms with Gasteiger partial charge in [0.15, 0.2) is 0 Å². The summed E-state index contributed by atoms with van der Waals surface area (Å²) in [5, 5.41) is 3.50. The first-order chi connectivity index (χ1) is 8.90. The standard InChI is InChI=1S/C16H28N2O.ClH/c1-12(2)16(5,11-17)18-9-10-19-15-13(3)7-6-8-14(15)4;/h6-8,12,18H,9-11,17H2,1-5H3;1H. The van der Waals surface area contributed by atoms with E-state index in [0.29, 0.717) is 19.1 Å². The van der Waals surface area contributed by atoms with Crippen molar-refractivity contribution in [3.63, 3.8) is 0 Å². The molecule has 1 aromatic carbocycles. The molecule has 0 saturated carbocycles. The van der Waals surface area contributed by atoms with Gasteiger partial charge in [0.2, 0.25) is 0 Å². The Labute approximate surface area is 129 Å². The van der Waals surface area contributed by atoms with E-state index in [2.05, 4.69) is 58.1 Å². The summed E-state index contributed by atoms with van der Waals surface area (Å²) >= 11 is 0. The van der Waals surface area contributed by atoms with Gasteiger partial charge in [-0.15, -0.1) is 12.4 Å². The molecule has 20 heavy (non-hydrogen) atoms. The SMILES string of the molecule is Cc1cccc(C)c1OCCNC(C)(CN)C(C)C.Cl. The van der Waals surface area contributed by atoms with Crippen LogP contribution in [0.2, 0.25) is 0 Å². The topological polar surface area (TPSA) is 47.3 Å². The molecule has 0 radical (unpaired) electrons. The van der Waals surface area contributed by atoms with Crippen molar-refractivity contribution in [2.45, 2.75) is 40.2 Å². The van der Waals surface area contributed by atoms with Crippen molar-refractivity contribution in [1.29, 1.82) is 0 Å². The van der Waals surface area contributed by atoms with E-state index in [9.17, 15) is 0 Å². The number of hydrogen-bond donors (Lipinski definition) is 2. The highest BCUT2D eigenvalue weighted by Gasteiger charge is 2.25. The zero-order valence-corrected chi connectivity index (χ0v) is 14.1. The lowest BCUT2D eigenvalue weighted by molar-refractivity contribution is 0.235. The summed E-state index contributed by atoms with van der Waals surface area (Å²) in [5.41, 5.74) is 8.19. The van der Waals surface area contributed by atoms with Crippen LogP contribution in [0.5, 0.6) is 5.75 Å². The van der Waals surface area contributed by atoms with E-state index >= 15 is 0 Å². The predicted molar refractivity (Wildman–Crippen MR) is 89.0 cm³/mol. The molecule has 116 valence electrons. The number of nitrogens with one attached hydrogen (secondary N) is 1. The molecule has 1 aromatic rings. The van der Waals surface area contributed by atoms with Crippen LogP contribution in [-0.2, 0) is 0 Å². The van der Waals surface area contributed by atoms with Gasteiger partial charge in [-0.25, -0.2) is 0 Å². The first-order valence-electron chi connectivity index (χ1n) is 7.05. The Morgan fingerprint density at radius 3 is 2.25 bits per heavy atom. The molecule has 0 heterocycles. The van der Waals surface area contributed by atoms with Crippen LogP contribution in [-0.4, -0.2) is 25.2 Å². The maximum atomic E-state index is 5.88. The van der Waals surface area contributed by atoms with Crippen LogP contribution < -0.4 is 15.8 Å². The highest BCUT2D eigenvalue weighted by Crippen LogP contribution is 2.22. The summed E-state index contributed by atoms with van der Waals surface area (Å²) < 4.78 is 5.88. The van der Waals surface area contributed by atoms with Crippen LogP contribution in [0, 0.1) is 19.8 Å². The summed E-state index contributed by atoms with van der Waals surface area (Å²) in [4.78, 5) is 0. The number of hydrogen-bond acceptors (Lipinski definition) is 3. The number of rotatable bonds is 7. The highest BCUT2D eigenvalue weighted by atomic mass is 35.5. The fourth-order valence-electron chi connectivity index (χ4n) is 2.03. The largest absolute Gasteiger partial charge is 0.492 e. The maximum Gasteiger partial charge on any atom is 0.125 e. The molecule has 1 rings (SSSR count). The third-order valence-electron chi connectivity index (χ3n) is 3.98. The zero-order valence-electron chi connectivity index (χ0n) is 13.3. The molecule has 4 heteroatoms. The van der Waals surface area contributed by atoms with Crippen LogP contribution >= 0.6 is 12.4 Å². The van der Waals surface area contributed by atoms with E-state index in [0.717, 1.165) is 12.3 Å². The van der Waals surface area contributed by atoms with Gasteiger partial charge in [-0.1, -0.05) is 32.0 Å². The summed E-state index contributed by atoms with van der Waals surface area (Å²) in [7, 11) is 0. The van der Waals surface area contributed by atoms with E-state index in [1.54, 1.807) is 0 Å². The van der Waals surface area contributed by atoms with E-state index in [1.165, 1.54) is 11.1 Å². The smallest absolute Gasteiger partial charge is 0.125 e. The van der Waals surface area contributed by atoms with E-state index < -0.39 is 0 Å². The molecular weight excluding hydrogens is 272 g/mol. The molecule has 0 aromatic heterocycles. The van der Waals surface area contributed by atoms with Crippen LogP contribution in [0.25, 0.3) is 0 Å². The lowest BCUT2D eigenvalue weighted by Gasteiger charge is -2.33. The van der Waals surface area contributed by atoms with Gasteiger partial charge in [0.25, 0.3) is 0 Å². The normalized spacial score (nSPS) is 13.8. The van der Waals surface area contributed by atoms with Gasteiger partial charge < -0.3 is 15.8 Å². The fraction of sp³-hybridized carbons (Fsp3) is 0.625. The fourth-order valence-corrected chi connectivity index (χ4v) is 2.03. The molecular formula is C16H29ClN2O. The van der Waals surface area contributed by atoms with Crippen molar-refractivity contribution in [3.8, 4) is 5.75 Å². The van der Waals surface area contributed by atoms with E-state index in [4.69, 9.17) is 10.5 Å². The zero-order chi connectivity index (χ0) is 14.5. The quantitative estimate of drug-likeness (QED) is 0.761. The van der Waals surface area contributed by atoms with Gasteiger partial charge in [-0.3, -0.25) is 0 Å². The minimum Gasteiger partial charge on any atom is -0.492 e. The Balaban J connectivity index is 0.00000361. The molecule has 0 amide bonds. The van der Waals surface area contributed by atoms with Crippen molar-refractivity contribution in [1.82, 2.24) is 5.32 Å². The van der Waals surface area contributed by atoms with Gasteiger partial charge >= 0.3 is 0 Å². The Bertz CT molecular complexity index is 389. The molecule has 0 aliphatic rings. The van der Waals surface area contributed by atoms with Gasteiger partial charge in [-0.05, 0) is 37.8 Å². The second-order valence-electron chi connectivity index (χ2n) is 5.77. The monoisotopic (exact) mass is 300 g/mol. The Kier molecular flexibility index (Phi) is 8.17. The Hall–Kier alpha value is -0.770. The summed E-state index contributed by atoms with van der Waals surface area (Å²) in [6, 6.07) is 6.21. The average Bonchev–Trinajstić information content (AvgIpc) is 2.36. The van der Waals surface area contributed by atoms with Crippen LogP contribution in [0.15, 0.2) is 18.2 Å². The third-order valence-corrected chi connectivity index (χ3v) is 3.98. The molecule has 0 bridgehead atoms. The number of benzene rings is 1. The van der Waals surface area contributed by atoms with Crippen molar-refractivity contribution in [2.24, 2.45) is 11.7 Å². The van der Waals surface area contributed by atoms with Crippen molar-refractivity contribution in [3.05, 3.63) is 29.3 Å². The number of para-hydroxylation sites is 1. The first-order valence-corrected chi connectivity index (χ1v) is 7.05. The summed E-state index contributed by atoms with van der Waals surface area (Å²) in [5.74, 6) is 1.50. The van der Waals surface area contributed by atoms with E-state index in [1.807, 2.05) is 0 Å². The summed E-state index contributed by atoms with van der Waals surface area (Å²) in [6.45, 7) is 12.8. The van der Waals surface area contributed by atoms with Crippen LogP contribution in [0.4, 0.5) is 0 Å². The first kappa shape index (κ1) is 19.2. The van der Waals surface area contributed by atoms with Gasteiger partial charge in [0.1, 0.15) is 12.4 Å². The lowest BCUT2D eigenvalue weighted by atomic mass is 9.88. The van der Waals surface area contributed by atoms with Crippen LogP contribution in [0.1, 0.15) is 31.9 Å². The molecule has 1 atom stereocenters. The highest BCUT2D eigenvalue weighted by molar-refractivity contribution is 5.85. The number of halogens is 1. The lowest BCUT2D eigenvalue weighted by Crippen LogP contribution is -2.53. The second-order valence-corrected chi connectivity index (χ2v) is 5.77. The molecule has 0 aliphatic heterocycles. The minimum absolute atomic E-state index is 0. The third kappa shape index (κ3) is 4.97. The van der Waals surface area contributed by atoms with Gasteiger partial charge in [-0.2, -0.15) is 0 Å². The Morgan fingerprint density at radius 1 is 1.25 bits per heavy atom.